The molecule has 0 aliphatic heterocycles. The van der Waals surface area contributed by atoms with Gasteiger partial charge in [0.15, 0.2) is 0 Å². The van der Waals surface area contributed by atoms with Gasteiger partial charge in [0.05, 0.1) is 27.3 Å². The first-order chi connectivity index (χ1) is 14.4. The second-order valence-electron chi connectivity index (χ2n) is 6.65. The number of sulfonamides is 1. The van der Waals surface area contributed by atoms with E-state index in [9.17, 15) is 13.2 Å². The van der Waals surface area contributed by atoms with Crippen LogP contribution in [0, 0.1) is 0 Å². The van der Waals surface area contributed by atoms with Gasteiger partial charge < -0.3 is 5.32 Å². The Kier molecular flexibility index (Phi) is 5.63. The molecule has 0 atom stereocenters. The third-order valence-electron chi connectivity index (χ3n) is 4.54. The number of para-hydroxylation sites is 2. The number of rotatable bonds is 6. The fourth-order valence-corrected chi connectivity index (χ4v) is 5.17. The number of thiazole rings is 1. The van der Waals surface area contributed by atoms with Gasteiger partial charge in [-0.25, -0.2) is 13.4 Å². The summed E-state index contributed by atoms with van der Waals surface area (Å²) in [6, 6.07) is 23.3. The van der Waals surface area contributed by atoms with Crippen LogP contribution in [-0.4, -0.2) is 37.2 Å². The van der Waals surface area contributed by atoms with Gasteiger partial charge in [-0.15, -0.1) is 11.3 Å². The molecule has 1 N–H and O–H groups in total. The van der Waals surface area contributed by atoms with Crippen LogP contribution in [0.5, 0.6) is 0 Å². The molecule has 6 nitrogen and oxygen atoms in total. The standard InChI is InChI=1S/C22H19N3O3S2/c1-25(30(27,28)16-9-3-2-4-10-16)15-21(26)23-18-12-6-5-11-17(18)22-24-19-13-7-8-14-20(19)29-22/h2-14H,15H2,1H3,(H,23,26). The van der Waals surface area contributed by atoms with E-state index in [1.165, 1.54) is 30.5 Å². The molecule has 152 valence electrons. The third kappa shape index (κ3) is 4.11. The van der Waals surface area contributed by atoms with Crippen LogP contribution in [0.1, 0.15) is 0 Å². The highest BCUT2D eigenvalue weighted by Crippen LogP contribution is 2.34. The number of anilines is 1. The summed E-state index contributed by atoms with van der Waals surface area (Å²) < 4.78 is 27.4. The van der Waals surface area contributed by atoms with Crippen LogP contribution in [0.2, 0.25) is 0 Å². The molecule has 1 amide bonds. The van der Waals surface area contributed by atoms with E-state index in [2.05, 4.69) is 10.3 Å². The number of fused-ring (bicyclic) bond motifs is 1. The number of nitrogens with zero attached hydrogens (tertiary/aromatic N) is 2. The predicted octanol–water partition coefficient (Wildman–Crippen LogP) is 4.22. The molecule has 0 saturated carbocycles. The molecule has 1 heterocycles. The van der Waals surface area contributed by atoms with E-state index < -0.39 is 15.9 Å². The second-order valence-corrected chi connectivity index (χ2v) is 9.73. The molecule has 1 aromatic heterocycles. The van der Waals surface area contributed by atoms with Crippen molar-refractivity contribution in [1.82, 2.24) is 9.29 Å². The summed E-state index contributed by atoms with van der Waals surface area (Å²) in [5.74, 6) is -0.425. The maximum Gasteiger partial charge on any atom is 0.243 e. The number of nitrogens with one attached hydrogen (secondary N) is 1. The van der Waals surface area contributed by atoms with Gasteiger partial charge in [-0.2, -0.15) is 4.31 Å². The summed E-state index contributed by atoms with van der Waals surface area (Å²) in [4.78, 5) is 17.4. The maximum atomic E-state index is 12.6. The average molecular weight is 438 g/mol. The molecule has 0 fully saturated rings. The Morgan fingerprint density at radius 1 is 0.967 bits per heavy atom. The lowest BCUT2D eigenvalue weighted by molar-refractivity contribution is -0.116. The van der Waals surface area contributed by atoms with Crippen LogP contribution >= 0.6 is 11.3 Å². The van der Waals surface area contributed by atoms with Crippen molar-refractivity contribution in [3.8, 4) is 10.6 Å². The Labute approximate surface area is 178 Å². The molecule has 0 bridgehead atoms. The quantitative estimate of drug-likeness (QED) is 0.490. The molecular weight excluding hydrogens is 418 g/mol. The van der Waals surface area contributed by atoms with Crippen molar-refractivity contribution < 1.29 is 13.2 Å². The Balaban J connectivity index is 1.54. The Morgan fingerprint density at radius 3 is 2.40 bits per heavy atom. The molecule has 0 radical (unpaired) electrons. The Morgan fingerprint density at radius 2 is 1.63 bits per heavy atom. The molecule has 0 unspecified atom stereocenters. The van der Waals surface area contributed by atoms with Gasteiger partial charge in [0.1, 0.15) is 5.01 Å². The Hall–Kier alpha value is -3.07. The number of carbonyl (C=O) groups excluding carboxylic acids is 1. The van der Waals surface area contributed by atoms with Gasteiger partial charge in [-0.1, -0.05) is 42.5 Å². The number of carbonyl (C=O) groups is 1. The van der Waals surface area contributed by atoms with Crippen molar-refractivity contribution in [3.05, 3.63) is 78.9 Å². The van der Waals surface area contributed by atoms with Gasteiger partial charge in [-0.3, -0.25) is 4.79 Å². The zero-order valence-electron chi connectivity index (χ0n) is 16.1. The SMILES string of the molecule is CN(CC(=O)Nc1ccccc1-c1nc2ccccc2s1)S(=O)(=O)c1ccccc1. The van der Waals surface area contributed by atoms with Gasteiger partial charge in [0.25, 0.3) is 0 Å². The number of benzene rings is 3. The van der Waals surface area contributed by atoms with E-state index in [-0.39, 0.29) is 11.4 Å². The Bertz CT molecular complexity index is 1270. The molecule has 4 aromatic rings. The van der Waals surface area contributed by atoms with Crippen LogP contribution in [0.3, 0.4) is 0 Å². The minimum atomic E-state index is -3.74. The van der Waals surface area contributed by atoms with Gasteiger partial charge in [0.2, 0.25) is 15.9 Å². The van der Waals surface area contributed by atoms with Crippen molar-refractivity contribution in [2.45, 2.75) is 4.90 Å². The van der Waals surface area contributed by atoms with Crippen molar-refractivity contribution in [2.75, 3.05) is 18.9 Å². The summed E-state index contributed by atoms with van der Waals surface area (Å²) in [5, 5.41) is 3.62. The lowest BCUT2D eigenvalue weighted by atomic mass is 10.2. The van der Waals surface area contributed by atoms with Gasteiger partial charge in [0, 0.05) is 12.6 Å². The summed E-state index contributed by atoms with van der Waals surface area (Å²) in [6.45, 7) is -0.300. The number of likely N-dealkylation sites (N-methyl/N-ethyl adjacent to an activating group) is 1. The van der Waals surface area contributed by atoms with Crippen LogP contribution in [0.15, 0.2) is 83.8 Å². The molecule has 0 aliphatic carbocycles. The molecule has 4 rings (SSSR count). The molecule has 8 heteroatoms. The normalized spacial score (nSPS) is 11.7. The van der Waals surface area contributed by atoms with E-state index in [1.807, 2.05) is 42.5 Å². The average Bonchev–Trinajstić information content (AvgIpc) is 3.18. The van der Waals surface area contributed by atoms with E-state index in [4.69, 9.17) is 0 Å². The summed E-state index contributed by atoms with van der Waals surface area (Å²) in [5.41, 5.74) is 2.28. The summed E-state index contributed by atoms with van der Waals surface area (Å²) in [6.07, 6.45) is 0. The minimum Gasteiger partial charge on any atom is -0.324 e. The fraction of sp³-hybridized carbons (Fsp3) is 0.0909. The van der Waals surface area contributed by atoms with E-state index in [0.29, 0.717) is 5.69 Å². The molecule has 0 aliphatic rings. The van der Waals surface area contributed by atoms with E-state index in [0.717, 1.165) is 25.1 Å². The molecule has 0 spiro atoms. The first kappa shape index (κ1) is 20.2. The number of amides is 1. The van der Waals surface area contributed by atoms with E-state index >= 15 is 0 Å². The third-order valence-corrected chi connectivity index (χ3v) is 7.43. The highest BCUT2D eigenvalue weighted by atomic mass is 32.2. The van der Waals surface area contributed by atoms with Crippen LogP contribution in [0.25, 0.3) is 20.8 Å². The molecule has 0 saturated heterocycles. The van der Waals surface area contributed by atoms with Gasteiger partial charge in [-0.05, 0) is 36.4 Å². The lowest BCUT2D eigenvalue weighted by Gasteiger charge is -2.17. The summed E-state index contributed by atoms with van der Waals surface area (Å²) in [7, 11) is -2.35. The first-order valence-corrected chi connectivity index (χ1v) is 11.5. The first-order valence-electron chi connectivity index (χ1n) is 9.21. The van der Waals surface area contributed by atoms with Crippen molar-refractivity contribution in [3.63, 3.8) is 0 Å². The van der Waals surface area contributed by atoms with Crippen LogP contribution in [0.4, 0.5) is 5.69 Å². The zero-order valence-corrected chi connectivity index (χ0v) is 17.8. The molecule has 30 heavy (non-hydrogen) atoms. The lowest BCUT2D eigenvalue weighted by Crippen LogP contribution is -2.35. The van der Waals surface area contributed by atoms with Crippen LogP contribution in [-0.2, 0) is 14.8 Å². The second kappa shape index (κ2) is 8.35. The topological polar surface area (TPSA) is 79.4 Å². The smallest absolute Gasteiger partial charge is 0.243 e. The number of hydrogen-bond donors (Lipinski definition) is 1. The molecular formula is C22H19N3O3S2. The largest absolute Gasteiger partial charge is 0.324 e. The summed E-state index contributed by atoms with van der Waals surface area (Å²) >= 11 is 1.54. The van der Waals surface area contributed by atoms with Gasteiger partial charge >= 0.3 is 0 Å². The minimum absolute atomic E-state index is 0.148. The monoisotopic (exact) mass is 437 g/mol. The maximum absolute atomic E-state index is 12.6. The number of hydrogen-bond acceptors (Lipinski definition) is 5. The fourth-order valence-electron chi connectivity index (χ4n) is 3.02. The highest BCUT2D eigenvalue weighted by molar-refractivity contribution is 7.89. The van der Waals surface area contributed by atoms with Crippen molar-refractivity contribution in [1.29, 1.82) is 0 Å². The zero-order chi connectivity index (χ0) is 21.1. The van der Waals surface area contributed by atoms with Crippen LogP contribution < -0.4 is 5.32 Å². The van der Waals surface area contributed by atoms with Crippen molar-refractivity contribution in [2.24, 2.45) is 0 Å². The predicted molar refractivity (Wildman–Crippen MR) is 120 cm³/mol. The number of aromatic nitrogens is 1. The van der Waals surface area contributed by atoms with E-state index in [1.54, 1.807) is 24.3 Å². The molecule has 3 aromatic carbocycles. The highest BCUT2D eigenvalue weighted by Gasteiger charge is 2.23. The van der Waals surface area contributed by atoms with Crippen molar-refractivity contribution >= 4 is 43.2 Å².